The van der Waals surface area contributed by atoms with Gasteiger partial charge in [0.05, 0.1) is 17.9 Å². The summed E-state index contributed by atoms with van der Waals surface area (Å²) in [5.74, 6) is 1.18. The molecule has 2 aromatic heterocycles. The quantitative estimate of drug-likeness (QED) is 0.669. The molecule has 2 heterocycles. The van der Waals surface area contributed by atoms with Gasteiger partial charge in [0.2, 0.25) is 0 Å². The third-order valence-electron chi connectivity index (χ3n) is 3.64. The largest absolute Gasteiger partial charge is 0.493 e. The van der Waals surface area contributed by atoms with Gasteiger partial charge in [-0.25, -0.2) is 4.98 Å². The molecular weight excluding hydrogens is 372 g/mol. The van der Waals surface area contributed by atoms with Gasteiger partial charge in [-0.15, -0.1) is 0 Å². The van der Waals surface area contributed by atoms with E-state index in [0.717, 1.165) is 35.0 Å². The number of aromatic amines is 2. The van der Waals surface area contributed by atoms with Gasteiger partial charge in [0.1, 0.15) is 22.6 Å². The van der Waals surface area contributed by atoms with Gasteiger partial charge in [-0.2, -0.15) is 5.10 Å². The second kappa shape index (κ2) is 7.17. The van der Waals surface area contributed by atoms with E-state index in [0.29, 0.717) is 29.2 Å². The lowest BCUT2D eigenvalue weighted by atomic mass is 10.1. The summed E-state index contributed by atoms with van der Waals surface area (Å²) in [5.41, 5.74) is 2.36. The van der Waals surface area contributed by atoms with Crippen LogP contribution < -0.4 is 10.3 Å². The fourth-order valence-corrected chi connectivity index (χ4v) is 2.89. The molecule has 0 aliphatic carbocycles. The zero-order chi connectivity index (χ0) is 17.1. The van der Waals surface area contributed by atoms with E-state index in [4.69, 9.17) is 4.74 Å². The number of hydrogen-bond donors (Lipinski definition) is 2. The van der Waals surface area contributed by atoms with Gasteiger partial charge in [-0.05, 0) is 31.0 Å². The lowest BCUT2D eigenvalue weighted by Crippen LogP contribution is -2.10. The second-order valence-electron chi connectivity index (χ2n) is 5.55. The van der Waals surface area contributed by atoms with Crippen LogP contribution in [0.4, 0.5) is 0 Å². The minimum atomic E-state index is -0.230. The number of aryl methyl sites for hydroxylation is 1. The molecule has 2 N–H and O–H groups in total. The number of hydrogen-bond acceptors (Lipinski definition) is 4. The number of nitrogens with one attached hydrogen (secondary N) is 2. The first-order valence-corrected chi connectivity index (χ1v) is 8.83. The maximum Gasteiger partial charge on any atom is 0.277 e. The fourth-order valence-electron chi connectivity index (χ4n) is 2.53. The van der Waals surface area contributed by atoms with E-state index in [-0.39, 0.29) is 5.56 Å². The van der Waals surface area contributed by atoms with Crippen LogP contribution in [0.1, 0.15) is 32.4 Å². The summed E-state index contributed by atoms with van der Waals surface area (Å²) in [6.07, 6.45) is 2.61. The summed E-state index contributed by atoms with van der Waals surface area (Å²) in [7, 11) is 0. The molecule has 0 aliphatic heterocycles. The first kappa shape index (κ1) is 16.7. The molecular formula is C17H19BrN4O2. The van der Waals surface area contributed by atoms with Crippen LogP contribution >= 0.6 is 15.9 Å². The van der Waals surface area contributed by atoms with Crippen LogP contribution in [0.25, 0.3) is 22.4 Å². The zero-order valence-corrected chi connectivity index (χ0v) is 15.2. The minimum Gasteiger partial charge on any atom is -0.493 e. The Labute approximate surface area is 147 Å². The summed E-state index contributed by atoms with van der Waals surface area (Å²) in [6, 6.07) is 5.68. The van der Waals surface area contributed by atoms with E-state index < -0.39 is 0 Å². The Morgan fingerprint density at radius 2 is 2.08 bits per heavy atom. The number of aromatic nitrogens is 4. The van der Waals surface area contributed by atoms with Gasteiger partial charge in [-0.1, -0.05) is 36.2 Å². The molecule has 0 saturated heterocycles. The third kappa shape index (κ3) is 3.21. The monoisotopic (exact) mass is 390 g/mol. The lowest BCUT2D eigenvalue weighted by Gasteiger charge is -2.11. The SMILES string of the molecule is CCCOc1ccc(Br)cc1-c1nc2c(CCC)n[nH]c2c(=O)[nH]1. The van der Waals surface area contributed by atoms with Crippen molar-refractivity contribution >= 4 is 27.0 Å². The maximum atomic E-state index is 12.4. The van der Waals surface area contributed by atoms with Crippen molar-refractivity contribution in [2.24, 2.45) is 0 Å². The van der Waals surface area contributed by atoms with Crippen molar-refractivity contribution in [3.8, 4) is 17.1 Å². The Morgan fingerprint density at radius 1 is 1.25 bits per heavy atom. The second-order valence-corrected chi connectivity index (χ2v) is 6.46. The van der Waals surface area contributed by atoms with E-state index in [2.05, 4.69) is 43.0 Å². The summed E-state index contributed by atoms with van der Waals surface area (Å²) in [6.45, 7) is 4.72. The van der Waals surface area contributed by atoms with Crippen molar-refractivity contribution in [1.82, 2.24) is 20.2 Å². The van der Waals surface area contributed by atoms with Gasteiger partial charge in [-0.3, -0.25) is 9.89 Å². The molecule has 0 saturated carbocycles. The Hall–Kier alpha value is -2.15. The highest BCUT2D eigenvalue weighted by atomic mass is 79.9. The van der Waals surface area contributed by atoms with Crippen LogP contribution in [0.2, 0.25) is 0 Å². The van der Waals surface area contributed by atoms with Crippen molar-refractivity contribution in [1.29, 1.82) is 0 Å². The Bertz CT molecular complexity index is 917. The molecule has 3 rings (SSSR count). The van der Waals surface area contributed by atoms with E-state index in [1.165, 1.54) is 0 Å². The number of rotatable bonds is 6. The number of ether oxygens (including phenoxy) is 1. The smallest absolute Gasteiger partial charge is 0.277 e. The lowest BCUT2D eigenvalue weighted by molar-refractivity contribution is 0.318. The number of fused-ring (bicyclic) bond motifs is 1. The number of benzene rings is 1. The highest BCUT2D eigenvalue weighted by Crippen LogP contribution is 2.31. The van der Waals surface area contributed by atoms with Crippen LogP contribution in [-0.4, -0.2) is 26.8 Å². The van der Waals surface area contributed by atoms with Gasteiger partial charge >= 0.3 is 0 Å². The van der Waals surface area contributed by atoms with Crippen LogP contribution in [-0.2, 0) is 6.42 Å². The van der Waals surface area contributed by atoms with E-state index in [9.17, 15) is 4.79 Å². The van der Waals surface area contributed by atoms with Gasteiger partial charge in [0, 0.05) is 4.47 Å². The number of nitrogens with zero attached hydrogens (tertiary/aromatic N) is 2. The molecule has 0 spiro atoms. The average Bonchev–Trinajstić information content (AvgIpc) is 2.98. The molecule has 0 aliphatic rings. The molecule has 126 valence electrons. The molecule has 0 amide bonds. The summed E-state index contributed by atoms with van der Waals surface area (Å²) in [4.78, 5) is 19.9. The van der Waals surface area contributed by atoms with Crippen LogP contribution in [0, 0.1) is 0 Å². The van der Waals surface area contributed by atoms with E-state index in [1.54, 1.807) is 0 Å². The van der Waals surface area contributed by atoms with Crippen molar-refractivity contribution in [3.05, 3.63) is 38.7 Å². The Morgan fingerprint density at radius 3 is 2.83 bits per heavy atom. The summed E-state index contributed by atoms with van der Waals surface area (Å²) in [5, 5.41) is 7.01. The molecule has 0 atom stereocenters. The van der Waals surface area contributed by atoms with Gasteiger partial charge in [0.25, 0.3) is 5.56 Å². The van der Waals surface area contributed by atoms with Crippen molar-refractivity contribution < 1.29 is 4.74 Å². The molecule has 7 heteroatoms. The maximum absolute atomic E-state index is 12.4. The molecule has 0 unspecified atom stereocenters. The first-order valence-electron chi connectivity index (χ1n) is 8.04. The van der Waals surface area contributed by atoms with Gasteiger partial charge < -0.3 is 9.72 Å². The predicted molar refractivity (Wildman–Crippen MR) is 97.4 cm³/mol. The molecule has 6 nitrogen and oxygen atoms in total. The fraction of sp³-hybridized carbons (Fsp3) is 0.353. The van der Waals surface area contributed by atoms with Crippen molar-refractivity contribution in [2.75, 3.05) is 6.61 Å². The van der Waals surface area contributed by atoms with Crippen LogP contribution in [0.15, 0.2) is 27.5 Å². The highest BCUT2D eigenvalue weighted by molar-refractivity contribution is 9.10. The first-order chi connectivity index (χ1) is 11.6. The molecule has 0 bridgehead atoms. The summed E-state index contributed by atoms with van der Waals surface area (Å²) >= 11 is 3.47. The zero-order valence-electron chi connectivity index (χ0n) is 13.6. The molecule has 0 fully saturated rings. The average molecular weight is 391 g/mol. The Balaban J connectivity index is 2.17. The number of halogens is 1. The van der Waals surface area contributed by atoms with E-state index in [1.807, 2.05) is 25.1 Å². The number of H-pyrrole nitrogens is 2. The highest BCUT2D eigenvalue weighted by Gasteiger charge is 2.15. The molecule has 24 heavy (non-hydrogen) atoms. The van der Waals surface area contributed by atoms with Crippen molar-refractivity contribution in [2.45, 2.75) is 33.1 Å². The molecule has 0 radical (unpaired) electrons. The standard InChI is InChI=1S/C17H19BrN4O2/c1-3-5-12-14-15(22-21-12)17(23)20-16(19-14)11-9-10(18)6-7-13(11)24-8-4-2/h6-7,9H,3-5,8H2,1-2H3,(H,21,22)(H,19,20,23). The normalized spacial score (nSPS) is 11.1. The van der Waals surface area contributed by atoms with Gasteiger partial charge in [0.15, 0.2) is 0 Å². The van der Waals surface area contributed by atoms with Crippen LogP contribution in [0.3, 0.4) is 0 Å². The van der Waals surface area contributed by atoms with E-state index >= 15 is 0 Å². The predicted octanol–water partition coefficient (Wildman–Crippen LogP) is 3.82. The van der Waals surface area contributed by atoms with Crippen molar-refractivity contribution in [3.63, 3.8) is 0 Å². The molecule has 3 aromatic rings. The Kier molecular flexibility index (Phi) is 4.99. The summed E-state index contributed by atoms with van der Waals surface area (Å²) < 4.78 is 6.69. The minimum absolute atomic E-state index is 0.230. The van der Waals surface area contributed by atoms with Crippen LogP contribution in [0.5, 0.6) is 5.75 Å². The molecule has 1 aromatic carbocycles. The topological polar surface area (TPSA) is 83.7 Å². The third-order valence-corrected chi connectivity index (χ3v) is 4.13.